The maximum atomic E-state index is 12.5. The molecule has 0 saturated carbocycles. The number of nitrogens with zero attached hydrogens (tertiary/aromatic N) is 2. The maximum absolute atomic E-state index is 12.5. The minimum absolute atomic E-state index is 0.0286. The molecule has 0 spiro atoms. The van der Waals surface area contributed by atoms with Gasteiger partial charge in [0.1, 0.15) is 5.82 Å². The summed E-state index contributed by atoms with van der Waals surface area (Å²) in [5.41, 5.74) is 5.28. The molecule has 3 heterocycles. The van der Waals surface area contributed by atoms with Gasteiger partial charge >= 0.3 is 0 Å². The number of hydrogen-bond acceptors (Lipinski definition) is 6. The Morgan fingerprint density at radius 1 is 1.14 bits per heavy atom. The molecule has 29 heavy (non-hydrogen) atoms. The van der Waals surface area contributed by atoms with Gasteiger partial charge in [0, 0.05) is 31.4 Å². The van der Waals surface area contributed by atoms with Gasteiger partial charge < -0.3 is 0 Å². The van der Waals surface area contributed by atoms with E-state index in [4.69, 9.17) is 0 Å². The number of carbonyl (C=O) groups excluding carboxylic acids is 3. The first-order chi connectivity index (χ1) is 14.0. The van der Waals surface area contributed by atoms with Gasteiger partial charge in [-0.15, -0.1) is 11.3 Å². The topological polar surface area (TPSA) is 110 Å². The van der Waals surface area contributed by atoms with Crippen LogP contribution in [0, 0.1) is 0 Å². The summed E-state index contributed by atoms with van der Waals surface area (Å²) in [4.78, 5) is 53.7. The highest BCUT2D eigenvalue weighted by Crippen LogP contribution is 2.16. The predicted octanol–water partition coefficient (Wildman–Crippen LogP) is 1.83. The van der Waals surface area contributed by atoms with Gasteiger partial charge in [-0.1, -0.05) is 6.07 Å². The lowest BCUT2D eigenvalue weighted by Crippen LogP contribution is -2.41. The summed E-state index contributed by atoms with van der Waals surface area (Å²) >= 11 is 1.33. The summed E-state index contributed by atoms with van der Waals surface area (Å²) in [6.45, 7) is 0.667. The fourth-order valence-electron chi connectivity index (χ4n) is 3.27. The van der Waals surface area contributed by atoms with Gasteiger partial charge in [-0.05, 0) is 36.1 Å². The van der Waals surface area contributed by atoms with Crippen LogP contribution < -0.4 is 16.4 Å². The number of carbonyl (C=O) groups is 3. The van der Waals surface area contributed by atoms with E-state index in [1.54, 1.807) is 28.1 Å². The zero-order chi connectivity index (χ0) is 20.4. The number of hydrogen-bond donors (Lipinski definition) is 2. The average Bonchev–Trinajstić information content (AvgIpc) is 3.42. The third-order valence-electron chi connectivity index (χ3n) is 4.77. The molecular weight excluding hydrogens is 392 g/mol. The van der Waals surface area contributed by atoms with Gasteiger partial charge in [0.05, 0.1) is 15.8 Å². The Hall–Kier alpha value is -3.33. The number of rotatable bonds is 5. The van der Waals surface area contributed by atoms with Crippen LogP contribution in [0.1, 0.15) is 45.1 Å². The number of hydrazine groups is 1. The number of aromatic nitrogens is 2. The Balaban J connectivity index is 1.37. The number of amides is 2. The quantitative estimate of drug-likeness (QED) is 0.493. The number of Topliss-reactive ketones (excluding diaryl/α,β-unsaturated/α-hetero) is 1. The lowest BCUT2D eigenvalue weighted by molar-refractivity contribution is -0.121. The molecule has 1 aromatic carbocycles. The van der Waals surface area contributed by atoms with E-state index in [-0.39, 0.29) is 29.7 Å². The minimum Gasteiger partial charge on any atom is -0.296 e. The summed E-state index contributed by atoms with van der Waals surface area (Å²) in [7, 11) is 0. The van der Waals surface area contributed by atoms with Gasteiger partial charge in [-0.3, -0.25) is 34.6 Å². The van der Waals surface area contributed by atoms with Crippen LogP contribution in [0.2, 0.25) is 0 Å². The summed E-state index contributed by atoms with van der Waals surface area (Å²) in [5.74, 6) is -0.366. The van der Waals surface area contributed by atoms with E-state index >= 15 is 0 Å². The van der Waals surface area contributed by atoms with E-state index in [1.165, 1.54) is 23.5 Å². The molecule has 2 N–H and O–H groups in total. The monoisotopic (exact) mass is 410 g/mol. The molecule has 1 aliphatic rings. The Bertz CT molecular complexity index is 1170. The SMILES string of the molecule is O=C(CCC(=O)c1cccs1)NNC(=O)c1ccc2c(=O)n3c(nc2c1)CCC3. The summed E-state index contributed by atoms with van der Waals surface area (Å²) in [6, 6.07) is 8.13. The number of fused-ring (bicyclic) bond motifs is 2. The minimum atomic E-state index is -0.521. The van der Waals surface area contributed by atoms with Crippen LogP contribution >= 0.6 is 11.3 Å². The Morgan fingerprint density at radius 2 is 2.00 bits per heavy atom. The molecule has 1 aliphatic heterocycles. The molecule has 8 nitrogen and oxygen atoms in total. The summed E-state index contributed by atoms with van der Waals surface area (Å²) in [6.07, 6.45) is 1.66. The van der Waals surface area contributed by atoms with E-state index in [0.29, 0.717) is 22.3 Å². The largest absolute Gasteiger partial charge is 0.296 e. The van der Waals surface area contributed by atoms with Crippen LogP contribution in [0.3, 0.4) is 0 Å². The standard InChI is InChI=1S/C20H18N4O4S/c25-15(16-3-2-10-29-16)7-8-18(26)22-23-19(27)12-5-6-13-14(11-12)21-17-4-1-9-24(17)20(13)28/h2-3,5-6,10-11H,1,4,7-9H2,(H,22,26)(H,23,27). The predicted molar refractivity (Wildman–Crippen MR) is 108 cm³/mol. The molecule has 2 aromatic heterocycles. The lowest BCUT2D eigenvalue weighted by Gasteiger charge is -2.09. The van der Waals surface area contributed by atoms with E-state index < -0.39 is 11.8 Å². The molecule has 0 unspecified atom stereocenters. The van der Waals surface area contributed by atoms with Gasteiger partial charge in [0.25, 0.3) is 11.5 Å². The number of ketones is 1. The van der Waals surface area contributed by atoms with Crippen molar-refractivity contribution in [3.05, 3.63) is 62.3 Å². The third-order valence-corrected chi connectivity index (χ3v) is 5.68. The van der Waals surface area contributed by atoms with E-state index in [2.05, 4.69) is 15.8 Å². The molecule has 148 valence electrons. The van der Waals surface area contributed by atoms with Crippen molar-refractivity contribution in [2.45, 2.75) is 32.2 Å². The Labute approximate surface area is 169 Å². The van der Waals surface area contributed by atoms with Gasteiger partial charge in [0.2, 0.25) is 5.91 Å². The summed E-state index contributed by atoms with van der Waals surface area (Å²) < 4.78 is 1.67. The highest BCUT2D eigenvalue weighted by molar-refractivity contribution is 7.12. The fraction of sp³-hybridized carbons (Fsp3) is 0.250. The first kappa shape index (κ1) is 19.0. The molecule has 0 saturated heterocycles. The Morgan fingerprint density at radius 3 is 2.79 bits per heavy atom. The normalized spacial score (nSPS) is 12.6. The van der Waals surface area contributed by atoms with Crippen molar-refractivity contribution in [2.24, 2.45) is 0 Å². The molecule has 3 aromatic rings. The van der Waals surface area contributed by atoms with Crippen LogP contribution in [-0.4, -0.2) is 27.1 Å². The highest BCUT2D eigenvalue weighted by Gasteiger charge is 2.17. The van der Waals surface area contributed by atoms with Gasteiger partial charge in [0.15, 0.2) is 5.78 Å². The smallest absolute Gasteiger partial charge is 0.269 e. The molecular formula is C20H18N4O4S. The van der Waals surface area contributed by atoms with Crippen molar-refractivity contribution in [3.8, 4) is 0 Å². The zero-order valence-corrected chi connectivity index (χ0v) is 16.3. The third kappa shape index (κ3) is 3.95. The van der Waals surface area contributed by atoms with E-state index in [9.17, 15) is 19.2 Å². The molecule has 0 bridgehead atoms. The molecule has 2 amide bonds. The number of benzene rings is 1. The molecule has 4 rings (SSSR count). The van der Waals surface area contributed by atoms with Crippen LogP contribution in [0.15, 0.2) is 40.5 Å². The van der Waals surface area contributed by atoms with Gasteiger partial charge in [-0.2, -0.15) is 0 Å². The van der Waals surface area contributed by atoms with Gasteiger partial charge in [-0.25, -0.2) is 4.98 Å². The number of aryl methyl sites for hydroxylation is 1. The van der Waals surface area contributed by atoms with Crippen molar-refractivity contribution < 1.29 is 14.4 Å². The van der Waals surface area contributed by atoms with Crippen LogP contribution in [0.5, 0.6) is 0 Å². The average molecular weight is 410 g/mol. The second-order valence-electron chi connectivity index (χ2n) is 6.72. The summed E-state index contributed by atoms with van der Waals surface area (Å²) in [5, 5.41) is 2.26. The second kappa shape index (κ2) is 7.96. The molecule has 0 radical (unpaired) electrons. The van der Waals surface area contributed by atoms with Crippen LogP contribution in [-0.2, 0) is 17.8 Å². The first-order valence-electron chi connectivity index (χ1n) is 9.22. The Kier molecular flexibility index (Phi) is 5.22. The molecule has 9 heteroatoms. The fourth-order valence-corrected chi connectivity index (χ4v) is 3.97. The second-order valence-corrected chi connectivity index (χ2v) is 7.67. The molecule has 0 fully saturated rings. The van der Waals surface area contributed by atoms with Crippen molar-refractivity contribution in [3.63, 3.8) is 0 Å². The first-order valence-corrected chi connectivity index (χ1v) is 10.1. The number of nitrogens with one attached hydrogen (secondary N) is 2. The van der Waals surface area contributed by atoms with Crippen LogP contribution in [0.25, 0.3) is 10.9 Å². The lowest BCUT2D eigenvalue weighted by atomic mass is 10.1. The van der Waals surface area contributed by atoms with Crippen molar-refractivity contribution in [1.82, 2.24) is 20.4 Å². The molecule has 0 atom stereocenters. The van der Waals surface area contributed by atoms with Crippen molar-refractivity contribution in [2.75, 3.05) is 0 Å². The van der Waals surface area contributed by atoms with Crippen molar-refractivity contribution in [1.29, 1.82) is 0 Å². The zero-order valence-electron chi connectivity index (χ0n) is 15.4. The highest BCUT2D eigenvalue weighted by atomic mass is 32.1. The van der Waals surface area contributed by atoms with E-state index in [0.717, 1.165) is 18.7 Å². The van der Waals surface area contributed by atoms with E-state index in [1.807, 2.05) is 0 Å². The number of thiophene rings is 1. The van der Waals surface area contributed by atoms with Crippen molar-refractivity contribution >= 4 is 39.8 Å². The molecule has 0 aliphatic carbocycles. The van der Waals surface area contributed by atoms with Crippen LogP contribution in [0.4, 0.5) is 0 Å². The maximum Gasteiger partial charge on any atom is 0.269 e.